The number of nitrogens with one attached hydrogen (secondary N) is 1. The lowest BCUT2D eigenvalue weighted by Crippen LogP contribution is -2.47. The van der Waals surface area contributed by atoms with Crippen LogP contribution in [0.2, 0.25) is 0 Å². The predicted octanol–water partition coefficient (Wildman–Crippen LogP) is 1.24. The van der Waals surface area contributed by atoms with Crippen LogP contribution < -0.4 is 5.32 Å². The summed E-state index contributed by atoms with van der Waals surface area (Å²) in [7, 11) is 0. The highest BCUT2D eigenvalue weighted by molar-refractivity contribution is 5.91. The van der Waals surface area contributed by atoms with Gasteiger partial charge in [0, 0.05) is 13.0 Å². The van der Waals surface area contributed by atoms with Crippen molar-refractivity contribution >= 4 is 17.8 Å². The molecule has 2 heterocycles. The van der Waals surface area contributed by atoms with E-state index in [4.69, 9.17) is 4.42 Å². The summed E-state index contributed by atoms with van der Waals surface area (Å²) in [5, 5.41) is 11.8. The van der Waals surface area contributed by atoms with Crippen molar-refractivity contribution in [3.63, 3.8) is 0 Å². The molecule has 1 aromatic rings. The number of hydrogen-bond donors (Lipinski definition) is 2. The number of carbonyl (C=O) groups is 3. The molecule has 0 saturated carbocycles. The number of amides is 2. The van der Waals surface area contributed by atoms with E-state index in [2.05, 4.69) is 5.32 Å². The van der Waals surface area contributed by atoms with Gasteiger partial charge in [0.15, 0.2) is 0 Å². The zero-order valence-corrected chi connectivity index (χ0v) is 13.3. The number of carboxylic acid groups (broad SMARTS) is 1. The second-order valence-electron chi connectivity index (χ2n) is 5.96. The first-order chi connectivity index (χ1) is 10.9. The number of rotatable bonds is 7. The first-order valence-corrected chi connectivity index (χ1v) is 7.75. The molecule has 0 spiro atoms. The average Bonchev–Trinajstić information content (AvgIpc) is 3.14. The van der Waals surface area contributed by atoms with Crippen molar-refractivity contribution in [1.82, 2.24) is 10.2 Å². The van der Waals surface area contributed by atoms with Crippen molar-refractivity contribution < 1.29 is 23.9 Å². The van der Waals surface area contributed by atoms with Gasteiger partial charge in [-0.1, -0.05) is 20.3 Å². The highest BCUT2D eigenvalue weighted by Gasteiger charge is 2.36. The summed E-state index contributed by atoms with van der Waals surface area (Å²) in [6, 6.07) is 2.58. The molecule has 2 N–H and O–H groups in total. The Bertz CT molecular complexity index is 569. The van der Waals surface area contributed by atoms with Crippen LogP contribution in [0.4, 0.5) is 0 Å². The van der Waals surface area contributed by atoms with Crippen molar-refractivity contribution in [3.05, 3.63) is 24.2 Å². The highest BCUT2D eigenvalue weighted by atomic mass is 16.4. The number of carbonyl (C=O) groups excluding carboxylic acids is 2. The fourth-order valence-corrected chi connectivity index (χ4v) is 2.65. The van der Waals surface area contributed by atoms with E-state index in [0.717, 1.165) is 0 Å². The molecule has 7 heteroatoms. The third-order valence-corrected chi connectivity index (χ3v) is 4.29. The van der Waals surface area contributed by atoms with Crippen LogP contribution in [0.1, 0.15) is 32.4 Å². The Balaban J connectivity index is 1.95. The molecule has 23 heavy (non-hydrogen) atoms. The second kappa shape index (κ2) is 7.30. The van der Waals surface area contributed by atoms with E-state index >= 15 is 0 Å². The Morgan fingerprint density at radius 1 is 1.52 bits per heavy atom. The van der Waals surface area contributed by atoms with E-state index in [-0.39, 0.29) is 30.7 Å². The minimum atomic E-state index is -1.05. The van der Waals surface area contributed by atoms with Crippen LogP contribution in [0.3, 0.4) is 0 Å². The second-order valence-corrected chi connectivity index (χ2v) is 5.96. The van der Waals surface area contributed by atoms with Gasteiger partial charge in [-0.15, -0.1) is 0 Å². The van der Waals surface area contributed by atoms with Gasteiger partial charge in [0.2, 0.25) is 11.8 Å². The van der Waals surface area contributed by atoms with E-state index in [0.29, 0.717) is 18.7 Å². The van der Waals surface area contributed by atoms with E-state index < -0.39 is 17.9 Å². The van der Waals surface area contributed by atoms with E-state index in [1.54, 1.807) is 24.0 Å². The van der Waals surface area contributed by atoms with Crippen molar-refractivity contribution in [1.29, 1.82) is 0 Å². The van der Waals surface area contributed by atoms with Gasteiger partial charge < -0.3 is 19.7 Å². The number of carboxylic acids is 1. The molecule has 0 bridgehead atoms. The summed E-state index contributed by atoms with van der Waals surface area (Å²) in [4.78, 5) is 37.2. The van der Waals surface area contributed by atoms with Gasteiger partial charge >= 0.3 is 5.97 Å². The maximum absolute atomic E-state index is 12.3. The summed E-state index contributed by atoms with van der Waals surface area (Å²) in [5.41, 5.74) is 0. The minimum Gasteiger partial charge on any atom is -0.480 e. The van der Waals surface area contributed by atoms with E-state index in [1.807, 2.05) is 6.92 Å². The normalized spacial score (nSPS) is 20.3. The molecule has 3 atom stereocenters. The third-order valence-electron chi connectivity index (χ3n) is 4.29. The van der Waals surface area contributed by atoms with Crippen LogP contribution in [0, 0.1) is 11.8 Å². The molecule has 0 radical (unpaired) electrons. The maximum Gasteiger partial charge on any atom is 0.326 e. The Kier molecular flexibility index (Phi) is 5.41. The molecule has 7 nitrogen and oxygen atoms in total. The maximum atomic E-state index is 12.3. The number of furan rings is 1. The molecule has 1 unspecified atom stereocenters. The predicted molar refractivity (Wildman–Crippen MR) is 81.3 cm³/mol. The zero-order valence-electron chi connectivity index (χ0n) is 13.3. The lowest BCUT2D eigenvalue weighted by atomic mass is 9.98. The molecule has 1 aromatic heterocycles. The van der Waals surface area contributed by atoms with Crippen molar-refractivity contribution in [3.8, 4) is 0 Å². The molecule has 1 aliphatic heterocycles. The molecule has 2 amide bonds. The first kappa shape index (κ1) is 17.1. The van der Waals surface area contributed by atoms with Crippen molar-refractivity contribution in [2.75, 3.05) is 6.54 Å². The molecule has 0 aliphatic carbocycles. The Labute approximate surface area is 134 Å². The van der Waals surface area contributed by atoms with Crippen LogP contribution >= 0.6 is 0 Å². The third kappa shape index (κ3) is 4.12. The summed E-state index contributed by atoms with van der Waals surface area (Å²) in [5.74, 6) is -1.60. The fourth-order valence-electron chi connectivity index (χ4n) is 2.65. The molecule has 0 aromatic carbocycles. The van der Waals surface area contributed by atoms with Gasteiger partial charge in [0.25, 0.3) is 0 Å². The Morgan fingerprint density at radius 2 is 2.26 bits per heavy atom. The number of hydrogen-bond acceptors (Lipinski definition) is 4. The van der Waals surface area contributed by atoms with Crippen LogP contribution in [0.5, 0.6) is 0 Å². The summed E-state index contributed by atoms with van der Waals surface area (Å²) in [6.45, 7) is 4.25. The quantitative estimate of drug-likeness (QED) is 0.787. The van der Waals surface area contributed by atoms with Gasteiger partial charge in [0.1, 0.15) is 11.8 Å². The SMILES string of the molecule is CC[C@H](C)[C@H](NC(=O)C1CC(=O)N(Cc2ccco2)C1)C(=O)O. The van der Waals surface area contributed by atoms with E-state index in [1.165, 1.54) is 6.26 Å². The lowest BCUT2D eigenvalue weighted by Gasteiger charge is -2.22. The zero-order chi connectivity index (χ0) is 17.0. The minimum absolute atomic E-state index is 0.0966. The monoisotopic (exact) mass is 322 g/mol. The molecular formula is C16H22N2O5. The highest BCUT2D eigenvalue weighted by Crippen LogP contribution is 2.21. The van der Waals surface area contributed by atoms with Gasteiger partial charge in [-0.2, -0.15) is 0 Å². The largest absolute Gasteiger partial charge is 0.480 e. The molecule has 1 saturated heterocycles. The van der Waals surface area contributed by atoms with Crippen molar-refractivity contribution in [2.45, 2.75) is 39.3 Å². The smallest absolute Gasteiger partial charge is 0.326 e. The molecular weight excluding hydrogens is 300 g/mol. The van der Waals surface area contributed by atoms with E-state index in [9.17, 15) is 19.5 Å². The molecule has 1 fully saturated rings. The van der Waals surface area contributed by atoms with Gasteiger partial charge in [-0.05, 0) is 18.1 Å². The standard InChI is InChI=1S/C16H22N2O5/c1-3-10(2)14(16(21)22)17-15(20)11-7-13(19)18(8-11)9-12-5-4-6-23-12/h4-6,10-11,14H,3,7-9H2,1-2H3,(H,17,20)(H,21,22)/t10-,11?,14-/m0/s1. The van der Waals surface area contributed by atoms with Gasteiger partial charge in [-0.25, -0.2) is 4.79 Å². The van der Waals surface area contributed by atoms with Crippen LogP contribution in [0.25, 0.3) is 0 Å². The molecule has 2 rings (SSSR count). The topological polar surface area (TPSA) is 99.9 Å². The first-order valence-electron chi connectivity index (χ1n) is 7.75. The molecule has 1 aliphatic rings. The average molecular weight is 322 g/mol. The molecule has 126 valence electrons. The fraction of sp³-hybridized carbons (Fsp3) is 0.562. The van der Waals surface area contributed by atoms with Crippen LogP contribution in [0.15, 0.2) is 22.8 Å². The number of nitrogens with zero attached hydrogens (tertiary/aromatic N) is 1. The summed E-state index contributed by atoms with van der Waals surface area (Å²) in [6.07, 6.45) is 2.27. The summed E-state index contributed by atoms with van der Waals surface area (Å²) < 4.78 is 5.21. The number of aliphatic carboxylic acids is 1. The van der Waals surface area contributed by atoms with Crippen LogP contribution in [-0.2, 0) is 20.9 Å². The summed E-state index contributed by atoms with van der Waals surface area (Å²) >= 11 is 0. The Morgan fingerprint density at radius 3 is 2.83 bits per heavy atom. The van der Waals surface area contributed by atoms with Crippen molar-refractivity contribution in [2.24, 2.45) is 11.8 Å². The van der Waals surface area contributed by atoms with Gasteiger partial charge in [0.05, 0.1) is 18.7 Å². The van der Waals surface area contributed by atoms with Crippen LogP contribution in [-0.4, -0.2) is 40.4 Å². The number of likely N-dealkylation sites (tertiary alicyclic amines) is 1. The Hall–Kier alpha value is -2.31. The van der Waals surface area contributed by atoms with Gasteiger partial charge in [-0.3, -0.25) is 9.59 Å². The lowest BCUT2D eigenvalue weighted by molar-refractivity contribution is -0.143.